The van der Waals surface area contributed by atoms with Gasteiger partial charge in [0, 0.05) is 19.3 Å². The van der Waals surface area contributed by atoms with Gasteiger partial charge in [-0.2, -0.15) is 0 Å². The van der Waals surface area contributed by atoms with Crippen molar-refractivity contribution in [3.63, 3.8) is 0 Å². The Hall–Kier alpha value is -1.59. The molecule has 0 aliphatic carbocycles. The minimum atomic E-state index is -0.763. The van der Waals surface area contributed by atoms with Gasteiger partial charge in [0.1, 0.15) is 13.2 Å². The number of esters is 3. The first kappa shape index (κ1) is 79.4. The van der Waals surface area contributed by atoms with Crippen molar-refractivity contribution in [1.29, 1.82) is 0 Å². The molecule has 0 aromatic carbocycles. The molecule has 0 fully saturated rings. The maximum absolute atomic E-state index is 12.9. The molecule has 0 amide bonds. The van der Waals surface area contributed by atoms with Crippen molar-refractivity contribution in [2.75, 3.05) is 13.2 Å². The fraction of sp³-hybridized carbons (Fsp3) is 0.960. The summed E-state index contributed by atoms with van der Waals surface area (Å²) in [6.07, 6.45) is 84.5. The highest BCUT2D eigenvalue weighted by Gasteiger charge is 2.20. The maximum Gasteiger partial charge on any atom is 0.306 e. The first-order chi connectivity index (χ1) is 40.0. The summed E-state index contributed by atoms with van der Waals surface area (Å²) >= 11 is 0. The molecule has 0 saturated carbocycles. The highest BCUT2D eigenvalue weighted by atomic mass is 16.6. The van der Waals surface area contributed by atoms with Gasteiger partial charge in [0.2, 0.25) is 0 Å². The Kier molecular flexibility index (Phi) is 69.5. The van der Waals surface area contributed by atoms with Gasteiger partial charge in [0.25, 0.3) is 0 Å². The van der Waals surface area contributed by atoms with Crippen molar-refractivity contribution in [2.45, 2.75) is 451 Å². The number of carbonyl (C=O) groups excluding carboxylic acids is 3. The van der Waals surface area contributed by atoms with Crippen LogP contribution in [-0.2, 0) is 28.6 Å². The summed E-state index contributed by atoms with van der Waals surface area (Å²) in [6, 6.07) is 0. The molecule has 0 heterocycles. The van der Waals surface area contributed by atoms with E-state index in [2.05, 4.69) is 20.8 Å². The van der Waals surface area contributed by atoms with Crippen LogP contribution in [0.15, 0.2) is 0 Å². The lowest BCUT2D eigenvalue weighted by Crippen LogP contribution is -2.30. The number of carbonyl (C=O) groups is 3. The van der Waals surface area contributed by atoms with E-state index in [1.165, 1.54) is 347 Å². The second-order valence-electron chi connectivity index (χ2n) is 25.9. The van der Waals surface area contributed by atoms with E-state index >= 15 is 0 Å². The van der Waals surface area contributed by atoms with Crippen LogP contribution in [0, 0.1) is 0 Å². The zero-order chi connectivity index (χ0) is 58.5. The minimum Gasteiger partial charge on any atom is -0.462 e. The third-order valence-electron chi connectivity index (χ3n) is 17.6. The van der Waals surface area contributed by atoms with Crippen molar-refractivity contribution < 1.29 is 28.6 Å². The summed E-state index contributed by atoms with van der Waals surface area (Å²) < 4.78 is 17.0. The minimum absolute atomic E-state index is 0.0602. The number of hydrogen-bond donors (Lipinski definition) is 0. The molecule has 0 aliphatic rings. The van der Waals surface area contributed by atoms with E-state index in [0.717, 1.165) is 57.8 Å². The molecule has 1 unspecified atom stereocenters. The predicted molar refractivity (Wildman–Crippen MR) is 354 cm³/mol. The Morgan fingerprint density at radius 3 is 0.494 bits per heavy atom. The lowest BCUT2D eigenvalue weighted by Gasteiger charge is -2.18. The summed E-state index contributed by atoms with van der Waals surface area (Å²) in [5, 5.41) is 0. The predicted octanol–water partition coefficient (Wildman–Crippen LogP) is 25.8. The summed E-state index contributed by atoms with van der Waals surface area (Å²) in [7, 11) is 0. The van der Waals surface area contributed by atoms with E-state index in [1.807, 2.05) is 0 Å². The molecule has 0 aromatic rings. The molecule has 0 rings (SSSR count). The van der Waals surface area contributed by atoms with Crippen molar-refractivity contribution in [2.24, 2.45) is 0 Å². The number of ether oxygens (including phenoxy) is 3. The Bertz CT molecular complexity index is 1220. The summed E-state index contributed by atoms with van der Waals surface area (Å²) in [4.78, 5) is 38.4. The smallest absolute Gasteiger partial charge is 0.306 e. The highest BCUT2D eigenvalue weighted by Crippen LogP contribution is 2.20. The van der Waals surface area contributed by atoms with Crippen molar-refractivity contribution >= 4 is 17.9 Å². The molecule has 0 spiro atoms. The molecule has 0 aromatic heterocycles. The molecule has 81 heavy (non-hydrogen) atoms. The van der Waals surface area contributed by atoms with E-state index in [1.54, 1.807) is 0 Å². The van der Waals surface area contributed by atoms with Crippen LogP contribution in [-0.4, -0.2) is 37.2 Å². The van der Waals surface area contributed by atoms with Crippen molar-refractivity contribution in [1.82, 2.24) is 0 Å². The number of unbranched alkanes of at least 4 members (excludes halogenated alkanes) is 60. The SMILES string of the molecule is CCCCCCCCCCCCCCCCCCCCCCCCCCCCCCCCCCCC(=O)OCC(COC(=O)CCCCCCCCCCCCCCCC)OC(=O)CCCCCCCCCCCCCCCCCC. The van der Waals surface area contributed by atoms with Crippen LogP contribution in [0.3, 0.4) is 0 Å². The number of rotatable bonds is 71. The monoisotopic (exact) mass is 1140 g/mol. The third kappa shape index (κ3) is 69.1. The molecular weight excluding hydrogens is 997 g/mol. The van der Waals surface area contributed by atoms with Crippen LogP contribution < -0.4 is 0 Å². The second kappa shape index (κ2) is 70.9. The zero-order valence-corrected chi connectivity index (χ0v) is 55.6. The molecule has 1 atom stereocenters. The second-order valence-corrected chi connectivity index (χ2v) is 25.9. The summed E-state index contributed by atoms with van der Waals surface area (Å²) in [6.45, 7) is 6.74. The fourth-order valence-corrected chi connectivity index (χ4v) is 12.0. The highest BCUT2D eigenvalue weighted by molar-refractivity contribution is 5.71. The maximum atomic E-state index is 12.9. The van der Waals surface area contributed by atoms with Gasteiger partial charge in [-0.05, 0) is 19.3 Å². The molecule has 0 aliphatic heterocycles. The molecule has 6 nitrogen and oxygen atoms in total. The van der Waals surface area contributed by atoms with Gasteiger partial charge in [-0.3, -0.25) is 14.4 Å². The van der Waals surface area contributed by atoms with Gasteiger partial charge in [0.15, 0.2) is 6.10 Å². The first-order valence-corrected chi connectivity index (χ1v) is 37.5. The van der Waals surface area contributed by atoms with Crippen LogP contribution >= 0.6 is 0 Å². The molecule has 0 N–H and O–H groups in total. The summed E-state index contributed by atoms with van der Waals surface area (Å²) in [5.41, 5.74) is 0. The van der Waals surface area contributed by atoms with E-state index in [4.69, 9.17) is 14.2 Å². The van der Waals surface area contributed by atoms with Crippen LogP contribution in [0.25, 0.3) is 0 Å². The van der Waals surface area contributed by atoms with Gasteiger partial charge in [0.05, 0.1) is 0 Å². The third-order valence-corrected chi connectivity index (χ3v) is 17.6. The van der Waals surface area contributed by atoms with Crippen molar-refractivity contribution in [3.05, 3.63) is 0 Å². The lowest BCUT2D eigenvalue weighted by molar-refractivity contribution is -0.167. The molecule has 0 radical (unpaired) electrons. The molecular formula is C75H146O6. The van der Waals surface area contributed by atoms with E-state index in [-0.39, 0.29) is 31.1 Å². The van der Waals surface area contributed by atoms with E-state index in [9.17, 15) is 14.4 Å². The van der Waals surface area contributed by atoms with Gasteiger partial charge in [-0.1, -0.05) is 406 Å². The van der Waals surface area contributed by atoms with E-state index in [0.29, 0.717) is 19.3 Å². The van der Waals surface area contributed by atoms with Gasteiger partial charge in [-0.25, -0.2) is 0 Å². The Balaban J connectivity index is 4.06. The van der Waals surface area contributed by atoms with Crippen LogP contribution in [0.4, 0.5) is 0 Å². The molecule has 0 saturated heterocycles. The molecule has 6 heteroatoms. The average molecular weight is 1140 g/mol. The topological polar surface area (TPSA) is 78.9 Å². The van der Waals surface area contributed by atoms with E-state index < -0.39 is 6.10 Å². The Morgan fingerprint density at radius 2 is 0.333 bits per heavy atom. The first-order valence-electron chi connectivity index (χ1n) is 37.5. The van der Waals surface area contributed by atoms with Crippen molar-refractivity contribution in [3.8, 4) is 0 Å². The van der Waals surface area contributed by atoms with Crippen LogP contribution in [0.2, 0.25) is 0 Å². The average Bonchev–Trinajstić information content (AvgIpc) is 3.47. The zero-order valence-electron chi connectivity index (χ0n) is 55.6. The normalized spacial score (nSPS) is 11.9. The number of hydrogen-bond acceptors (Lipinski definition) is 6. The van der Waals surface area contributed by atoms with Gasteiger partial charge in [-0.15, -0.1) is 0 Å². The molecule has 0 bridgehead atoms. The van der Waals surface area contributed by atoms with Crippen LogP contribution in [0.1, 0.15) is 445 Å². The largest absolute Gasteiger partial charge is 0.462 e. The quantitative estimate of drug-likeness (QED) is 0.0343. The van der Waals surface area contributed by atoms with Crippen LogP contribution in [0.5, 0.6) is 0 Å². The Morgan fingerprint density at radius 1 is 0.198 bits per heavy atom. The fourth-order valence-electron chi connectivity index (χ4n) is 12.0. The standard InChI is InChI=1S/C75H146O6/c1-4-7-10-13-16-19-22-25-28-30-31-32-33-34-35-36-37-38-39-40-41-42-43-44-45-46-48-50-53-56-59-62-65-68-74(77)80-71-72(70-79-73(76)67-64-61-58-55-52-49-27-24-21-18-15-12-9-6-3)81-75(78)69-66-63-60-57-54-51-47-29-26-23-20-17-14-11-8-5-2/h72H,4-71H2,1-3H3. The van der Waals surface area contributed by atoms with Gasteiger partial charge >= 0.3 is 17.9 Å². The summed E-state index contributed by atoms with van der Waals surface area (Å²) in [5.74, 6) is -0.820. The Labute approximate surface area is 508 Å². The molecule has 482 valence electrons. The lowest BCUT2D eigenvalue weighted by atomic mass is 10.0. The van der Waals surface area contributed by atoms with Gasteiger partial charge < -0.3 is 14.2 Å².